The Morgan fingerprint density at radius 3 is 2.88 bits per heavy atom. The second-order valence-electron chi connectivity index (χ2n) is 6.55. The maximum absolute atomic E-state index is 9.09. The first kappa shape index (κ1) is 16.3. The molecule has 6 heteroatoms. The molecular weight excluding hydrogens is 324 g/mol. The van der Waals surface area contributed by atoms with Gasteiger partial charge in [-0.1, -0.05) is 6.07 Å². The molecule has 1 saturated heterocycles. The summed E-state index contributed by atoms with van der Waals surface area (Å²) < 4.78 is 2.22. The number of pyridine rings is 2. The van der Waals surface area contributed by atoms with Gasteiger partial charge in [-0.25, -0.2) is 9.97 Å². The number of rotatable bonds is 4. The molecule has 1 aliphatic rings. The van der Waals surface area contributed by atoms with Crippen molar-refractivity contribution in [2.75, 3.05) is 18.0 Å². The molecule has 0 N–H and O–H groups in total. The molecule has 3 aromatic heterocycles. The molecule has 0 saturated carbocycles. The van der Waals surface area contributed by atoms with Crippen molar-refractivity contribution in [1.29, 1.82) is 5.26 Å². The van der Waals surface area contributed by atoms with Gasteiger partial charge in [0.25, 0.3) is 0 Å². The topological polar surface area (TPSA) is 70.6 Å². The first-order valence-corrected chi connectivity index (χ1v) is 8.85. The third-order valence-electron chi connectivity index (χ3n) is 4.81. The summed E-state index contributed by atoms with van der Waals surface area (Å²) in [5.41, 5.74) is 1.68. The van der Waals surface area contributed by atoms with E-state index in [4.69, 9.17) is 5.26 Å². The third kappa shape index (κ3) is 3.42. The van der Waals surface area contributed by atoms with E-state index >= 15 is 0 Å². The molecule has 1 aliphatic heterocycles. The fourth-order valence-electron chi connectivity index (χ4n) is 3.56. The molecule has 3 aromatic rings. The first-order valence-electron chi connectivity index (χ1n) is 8.85. The Balaban J connectivity index is 1.53. The third-order valence-corrected chi connectivity index (χ3v) is 4.81. The summed E-state index contributed by atoms with van der Waals surface area (Å²) in [6, 6.07) is 11.8. The summed E-state index contributed by atoms with van der Waals surface area (Å²) in [6.07, 6.45) is 9.77. The molecule has 1 atom stereocenters. The number of hydrogen-bond acceptors (Lipinski definition) is 5. The van der Waals surface area contributed by atoms with Crippen LogP contribution in [-0.4, -0.2) is 32.6 Å². The van der Waals surface area contributed by atoms with E-state index in [1.54, 1.807) is 6.07 Å². The molecule has 6 nitrogen and oxygen atoms in total. The number of piperidine rings is 1. The largest absolute Gasteiger partial charge is 0.356 e. The lowest BCUT2D eigenvalue weighted by Crippen LogP contribution is -2.36. The fraction of sp³-hybridized carbons (Fsp3) is 0.300. The van der Waals surface area contributed by atoms with Gasteiger partial charge in [0.2, 0.25) is 0 Å². The standard InChI is InChI=1S/C20H20N6/c21-13-18-4-1-5-19(24-18)25-11-2-3-17(15-25)20-23-10-12-26(20)14-16-6-8-22-9-7-16/h1,4-10,12,17H,2-3,11,14-15H2. The molecule has 0 amide bonds. The van der Waals surface area contributed by atoms with Crippen molar-refractivity contribution in [1.82, 2.24) is 19.5 Å². The Bertz CT molecular complexity index is 911. The van der Waals surface area contributed by atoms with Crippen LogP contribution in [-0.2, 0) is 6.54 Å². The number of nitrogens with zero attached hydrogens (tertiary/aromatic N) is 6. The average Bonchev–Trinajstić information content (AvgIpc) is 3.17. The highest BCUT2D eigenvalue weighted by molar-refractivity contribution is 5.42. The normalized spacial score (nSPS) is 17.0. The summed E-state index contributed by atoms with van der Waals surface area (Å²) in [7, 11) is 0. The summed E-state index contributed by atoms with van der Waals surface area (Å²) in [5, 5.41) is 9.09. The van der Waals surface area contributed by atoms with Crippen LogP contribution < -0.4 is 4.90 Å². The molecule has 1 unspecified atom stereocenters. The minimum Gasteiger partial charge on any atom is -0.356 e. The predicted octanol–water partition coefficient (Wildman–Crippen LogP) is 2.98. The molecule has 0 spiro atoms. The SMILES string of the molecule is N#Cc1cccc(N2CCCC(c3nccn3Cc3ccncc3)C2)n1. The van der Waals surface area contributed by atoms with Gasteiger partial charge in [-0.05, 0) is 42.7 Å². The molecular formula is C20H20N6. The average molecular weight is 344 g/mol. The van der Waals surface area contributed by atoms with Crippen LogP contribution in [0.5, 0.6) is 0 Å². The van der Waals surface area contributed by atoms with E-state index < -0.39 is 0 Å². The summed E-state index contributed by atoms with van der Waals surface area (Å²) in [4.78, 5) is 15.4. The number of aromatic nitrogens is 4. The van der Waals surface area contributed by atoms with Crippen LogP contribution in [0.4, 0.5) is 5.82 Å². The van der Waals surface area contributed by atoms with Crippen LogP contribution in [0.1, 0.15) is 35.8 Å². The van der Waals surface area contributed by atoms with E-state index in [-0.39, 0.29) is 0 Å². The van der Waals surface area contributed by atoms with Crippen LogP contribution in [0.15, 0.2) is 55.1 Å². The van der Waals surface area contributed by atoms with Gasteiger partial charge in [-0.15, -0.1) is 0 Å². The van der Waals surface area contributed by atoms with Gasteiger partial charge in [0.15, 0.2) is 0 Å². The van der Waals surface area contributed by atoms with Gasteiger partial charge in [0, 0.05) is 50.3 Å². The lowest BCUT2D eigenvalue weighted by atomic mass is 9.97. The number of hydrogen-bond donors (Lipinski definition) is 0. The Kier molecular flexibility index (Phi) is 4.61. The Labute approximate surface area is 152 Å². The zero-order valence-electron chi connectivity index (χ0n) is 14.5. The van der Waals surface area contributed by atoms with Gasteiger partial charge in [0.05, 0.1) is 0 Å². The molecule has 0 aliphatic carbocycles. The summed E-state index contributed by atoms with van der Waals surface area (Å²) in [5.74, 6) is 2.34. The zero-order valence-corrected chi connectivity index (χ0v) is 14.5. The zero-order chi connectivity index (χ0) is 17.8. The van der Waals surface area contributed by atoms with Crippen LogP contribution >= 0.6 is 0 Å². The molecule has 0 bridgehead atoms. The Morgan fingerprint density at radius 2 is 2.04 bits per heavy atom. The highest BCUT2D eigenvalue weighted by Gasteiger charge is 2.25. The van der Waals surface area contributed by atoms with E-state index in [9.17, 15) is 0 Å². The van der Waals surface area contributed by atoms with Crippen LogP contribution in [0.2, 0.25) is 0 Å². The second kappa shape index (κ2) is 7.36. The number of nitriles is 1. The lowest BCUT2D eigenvalue weighted by Gasteiger charge is -2.33. The summed E-state index contributed by atoms with van der Waals surface area (Å²) in [6.45, 7) is 2.63. The number of imidazole rings is 1. The lowest BCUT2D eigenvalue weighted by molar-refractivity contribution is 0.474. The summed E-state index contributed by atoms with van der Waals surface area (Å²) >= 11 is 0. The molecule has 4 heterocycles. The smallest absolute Gasteiger partial charge is 0.142 e. The number of anilines is 1. The van der Waals surface area contributed by atoms with Crippen molar-refractivity contribution in [2.45, 2.75) is 25.3 Å². The van der Waals surface area contributed by atoms with E-state index in [0.717, 1.165) is 44.1 Å². The Hall–Kier alpha value is -3.20. The van der Waals surface area contributed by atoms with Gasteiger partial charge < -0.3 is 9.47 Å². The van der Waals surface area contributed by atoms with Crippen LogP contribution in [0.25, 0.3) is 0 Å². The Morgan fingerprint density at radius 1 is 1.15 bits per heavy atom. The highest BCUT2D eigenvalue weighted by Crippen LogP contribution is 2.28. The van der Waals surface area contributed by atoms with E-state index in [0.29, 0.717) is 11.6 Å². The van der Waals surface area contributed by atoms with Gasteiger partial charge in [-0.3, -0.25) is 4.98 Å². The van der Waals surface area contributed by atoms with Crippen molar-refractivity contribution < 1.29 is 0 Å². The van der Waals surface area contributed by atoms with Gasteiger partial charge in [0.1, 0.15) is 23.4 Å². The molecule has 4 rings (SSSR count). The monoisotopic (exact) mass is 344 g/mol. The minimum atomic E-state index is 0.355. The highest BCUT2D eigenvalue weighted by atomic mass is 15.2. The molecule has 130 valence electrons. The maximum atomic E-state index is 9.09. The van der Waals surface area contributed by atoms with Crippen molar-refractivity contribution in [3.05, 3.63) is 72.2 Å². The van der Waals surface area contributed by atoms with Crippen molar-refractivity contribution in [2.24, 2.45) is 0 Å². The van der Waals surface area contributed by atoms with E-state index in [1.165, 1.54) is 5.56 Å². The van der Waals surface area contributed by atoms with Gasteiger partial charge >= 0.3 is 0 Å². The fourth-order valence-corrected chi connectivity index (χ4v) is 3.56. The van der Waals surface area contributed by atoms with E-state index in [2.05, 4.69) is 30.5 Å². The molecule has 26 heavy (non-hydrogen) atoms. The van der Waals surface area contributed by atoms with Crippen LogP contribution in [0, 0.1) is 11.3 Å². The molecule has 0 aromatic carbocycles. The molecule has 0 radical (unpaired) electrons. The predicted molar refractivity (Wildman–Crippen MR) is 98.7 cm³/mol. The van der Waals surface area contributed by atoms with Gasteiger partial charge in [-0.2, -0.15) is 5.26 Å². The second-order valence-corrected chi connectivity index (χ2v) is 6.55. The maximum Gasteiger partial charge on any atom is 0.142 e. The molecule has 1 fully saturated rings. The first-order chi connectivity index (χ1) is 12.8. The quantitative estimate of drug-likeness (QED) is 0.728. The van der Waals surface area contributed by atoms with Crippen LogP contribution in [0.3, 0.4) is 0 Å². The van der Waals surface area contributed by atoms with E-state index in [1.807, 2.05) is 49.1 Å². The van der Waals surface area contributed by atoms with Crippen molar-refractivity contribution >= 4 is 5.82 Å². The minimum absolute atomic E-state index is 0.355. The van der Waals surface area contributed by atoms with Crippen molar-refractivity contribution in [3.8, 4) is 6.07 Å². The van der Waals surface area contributed by atoms with Crippen molar-refractivity contribution in [3.63, 3.8) is 0 Å².